The van der Waals surface area contributed by atoms with Crippen LogP contribution in [0.25, 0.3) is 0 Å². The highest BCUT2D eigenvalue weighted by molar-refractivity contribution is 7.13. The molecule has 2 N–H and O–H groups in total. The van der Waals surface area contributed by atoms with E-state index in [9.17, 15) is 9.59 Å². The molecule has 0 aliphatic carbocycles. The summed E-state index contributed by atoms with van der Waals surface area (Å²) in [6.07, 6.45) is 3.65. The fourth-order valence-corrected chi connectivity index (χ4v) is 2.92. The predicted molar refractivity (Wildman–Crippen MR) is 73.8 cm³/mol. The summed E-state index contributed by atoms with van der Waals surface area (Å²) >= 11 is 1.09. The Morgan fingerprint density at radius 2 is 2.25 bits per heavy atom. The molecule has 1 amide bonds. The van der Waals surface area contributed by atoms with E-state index in [0.717, 1.165) is 37.4 Å². The van der Waals surface area contributed by atoms with Crippen molar-refractivity contribution in [2.24, 2.45) is 5.92 Å². The Hall–Kier alpha value is -1.47. The zero-order chi connectivity index (χ0) is 14.5. The Kier molecular flexibility index (Phi) is 5.08. The van der Waals surface area contributed by atoms with E-state index in [2.05, 4.69) is 10.3 Å². The van der Waals surface area contributed by atoms with Gasteiger partial charge in [-0.3, -0.25) is 4.79 Å². The number of thiazole rings is 1. The van der Waals surface area contributed by atoms with E-state index in [4.69, 9.17) is 9.84 Å². The second-order valence-electron chi connectivity index (χ2n) is 4.92. The highest BCUT2D eigenvalue weighted by atomic mass is 32.1. The smallest absolute Gasteiger partial charge is 0.347 e. The average Bonchev–Trinajstić information content (AvgIpc) is 2.89. The number of hydrogen-bond donors (Lipinski definition) is 2. The summed E-state index contributed by atoms with van der Waals surface area (Å²) in [5.74, 6) is -0.632. The first-order chi connectivity index (χ1) is 9.56. The molecule has 0 aromatic carbocycles. The lowest BCUT2D eigenvalue weighted by Gasteiger charge is -2.22. The molecule has 1 atom stereocenters. The molecule has 2 heterocycles. The van der Waals surface area contributed by atoms with Crippen LogP contribution < -0.4 is 5.32 Å². The molecular formula is C13H18N2O4S. The van der Waals surface area contributed by atoms with Gasteiger partial charge < -0.3 is 15.2 Å². The fraction of sp³-hybridized carbons (Fsp3) is 0.615. The highest BCUT2D eigenvalue weighted by Gasteiger charge is 2.20. The molecule has 1 aromatic rings. The Morgan fingerprint density at radius 1 is 1.55 bits per heavy atom. The summed E-state index contributed by atoms with van der Waals surface area (Å²) in [5, 5.41) is 12.3. The number of aromatic carboxylic acids is 1. The monoisotopic (exact) mass is 298 g/mol. The van der Waals surface area contributed by atoms with Gasteiger partial charge in [0.15, 0.2) is 0 Å². The third-order valence-corrected chi connectivity index (χ3v) is 4.47. The minimum atomic E-state index is -0.991. The first-order valence-corrected chi connectivity index (χ1v) is 7.44. The summed E-state index contributed by atoms with van der Waals surface area (Å²) in [6, 6.07) is -0.263. The van der Waals surface area contributed by atoms with Crippen molar-refractivity contribution in [2.75, 3.05) is 13.2 Å². The molecule has 0 spiro atoms. The van der Waals surface area contributed by atoms with Crippen LogP contribution in [0.4, 0.5) is 0 Å². The Balaban J connectivity index is 1.84. The number of amides is 1. The van der Waals surface area contributed by atoms with Crippen LogP contribution in [0.2, 0.25) is 0 Å². The van der Waals surface area contributed by atoms with Gasteiger partial charge in [-0.2, -0.15) is 0 Å². The molecule has 1 saturated heterocycles. The molecule has 1 aliphatic rings. The number of aromatic nitrogens is 1. The van der Waals surface area contributed by atoms with Crippen LogP contribution in [0, 0.1) is 5.92 Å². The number of carboxylic acids is 1. The molecule has 1 unspecified atom stereocenters. The second-order valence-corrected chi connectivity index (χ2v) is 5.98. The quantitative estimate of drug-likeness (QED) is 0.866. The first-order valence-electron chi connectivity index (χ1n) is 6.62. The number of carbonyl (C=O) groups excluding carboxylic acids is 1. The molecule has 0 bridgehead atoms. The van der Waals surface area contributed by atoms with Crippen molar-refractivity contribution in [3.05, 3.63) is 16.1 Å². The van der Waals surface area contributed by atoms with Crippen LogP contribution >= 0.6 is 11.3 Å². The average molecular weight is 298 g/mol. The normalized spacial score (nSPS) is 17.6. The minimum absolute atomic E-state index is 0.0172. The van der Waals surface area contributed by atoms with E-state index in [1.807, 2.05) is 6.92 Å². The zero-order valence-electron chi connectivity index (χ0n) is 11.3. The van der Waals surface area contributed by atoms with Crippen molar-refractivity contribution in [1.82, 2.24) is 10.3 Å². The third-order valence-electron chi connectivity index (χ3n) is 3.30. The van der Waals surface area contributed by atoms with Crippen LogP contribution in [-0.2, 0) is 9.53 Å². The van der Waals surface area contributed by atoms with Gasteiger partial charge in [-0.05, 0) is 25.7 Å². The van der Waals surface area contributed by atoms with Gasteiger partial charge >= 0.3 is 5.97 Å². The number of carbonyl (C=O) groups is 2. The van der Waals surface area contributed by atoms with E-state index in [0.29, 0.717) is 17.3 Å². The Bertz CT molecular complexity index is 482. The summed E-state index contributed by atoms with van der Waals surface area (Å²) in [5.41, 5.74) is 0. The summed E-state index contributed by atoms with van der Waals surface area (Å²) in [7, 11) is 0. The maximum atomic E-state index is 11.9. The molecule has 110 valence electrons. The highest BCUT2D eigenvalue weighted by Crippen LogP contribution is 2.22. The molecule has 2 rings (SSSR count). The van der Waals surface area contributed by atoms with Crippen LogP contribution in [-0.4, -0.2) is 35.2 Å². The lowest BCUT2D eigenvalue weighted by atomic mass is 9.96. The molecule has 1 aliphatic heterocycles. The van der Waals surface area contributed by atoms with Crippen molar-refractivity contribution in [3.63, 3.8) is 0 Å². The molecule has 1 aromatic heterocycles. The van der Waals surface area contributed by atoms with E-state index in [-0.39, 0.29) is 16.8 Å². The van der Waals surface area contributed by atoms with Crippen molar-refractivity contribution in [3.8, 4) is 0 Å². The molecule has 6 nitrogen and oxygen atoms in total. The first kappa shape index (κ1) is 14.9. The fourth-order valence-electron chi connectivity index (χ4n) is 2.16. The standard InChI is InChI=1S/C13H18N2O4S/c1-8(12-14-7-10(20-12)13(17)18)15-11(16)6-9-2-4-19-5-3-9/h7-9H,2-6H2,1H3,(H,15,16)(H,17,18). The topological polar surface area (TPSA) is 88.5 Å². The Labute approximate surface area is 121 Å². The van der Waals surface area contributed by atoms with Crippen LogP contribution in [0.1, 0.15) is 46.9 Å². The van der Waals surface area contributed by atoms with Gasteiger partial charge in [0.1, 0.15) is 9.88 Å². The largest absolute Gasteiger partial charge is 0.477 e. The second kappa shape index (κ2) is 6.81. The maximum Gasteiger partial charge on any atom is 0.347 e. The third kappa shape index (κ3) is 4.01. The van der Waals surface area contributed by atoms with Crippen LogP contribution in [0.5, 0.6) is 0 Å². The summed E-state index contributed by atoms with van der Waals surface area (Å²) < 4.78 is 5.26. The lowest BCUT2D eigenvalue weighted by molar-refractivity contribution is -0.123. The number of rotatable bonds is 5. The minimum Gasteiger partial charge on any atom is -0.477 e. The van der Waals surface area contributed by atoms with E-state index in [1.165, 1.54) is 6.20 Å². The van der Waals surface area contributed by atoms with E-state index in [1.54, 1.807) is 0 Å². The van der Waals surface area contributed by atoms with Crippen LogP contribution in [0.15, 0.2) is 6.20 Å². The number of ether oxygens (including phenoxy) is 1. The SMILES string of the molecule is CC(NC(=O)CC1CCOCC1)c1ncc(C(=O)O)s1. The molecule has 1 fully saturated rings. The predicted octanol–water partition coefficient (Wildman–Crippen LogP) is 1.84. The number of nitrogens with zero attached hydrogens (tertiary/aromatic N) is 1. The van der Waals surface area contributed by atoms with Gasteiger partial charge in [-0.1, -0.05) is 0 Å². The molecule has 0 saturated carbocycles. The van der Waals surface area contributed by atoms with E-state index < -0.39 is 5.97 Å². The van der Waals surface area contributed by atoms with Crippen molar-refractivity contribution in [1.29, 1.82) is 0 Å². The zero-order valence-corrected chi connectivity index (χ0v) is 12.1. The van der Waals surface area contributed by atoms with E-state index >= 15 is 0 Å². The van der Waals surface area contributed by atoms with Gasteiger partial charge in [0.25, 0.3) is 0 Å². The van der Waals surface area contributed by atoms with Gasteiger partial charge in [-0.25, -0.2) is 9.78 Å². The lowest BCUT2D eigenvalue weighted by Crippen LogP contribution is -2.30. The van der Waals surface area contributed by atoms with Gasteiger partial charge in [0, 0.05) is 19.6 Å². The van der Waals surface area contributed by atoms with Crippen molar-refractivity contribution < 1.29 is 19.4 Å². The van der Waals surface area contributed by atoms with Crippen molar-refractivity contribution in [2.45, 2.75) is 32.2 Å². The van der Waals surface area contributed by atoms with Gasteiger partial charge in [-0.15, -0.1) is 11.3 Å². The van der Waals surface area contributed by atoms with Gasteiger partial charge in [0.2, 0.25) is 5.91 Å². The molecule has 20 heavy (non-hydrogen) atoms. The molecule has 7 heteroatoms. The summed E-state index contributed by atoms with van der Waals surface area (Å²) in [6.45, 7) is 3.26. The number of carboxylic acid groups (broad SMARTS) is 1. The van der Waals surface area contributed by atoms with Crippen molar-refractivity contribution >= 4 is 23.2 Å². The molecule has 0 radical (unpaired) electrons. The van der Waals surface area contributed by atoms with Gasteiger partial charge in [0.05, 0.1) is 12.2 Å². The number of hydrogen-bond acceptors (Lipinski definition) is 5. The number of nitrogens with one attached hydrogen (secondary N) is 1. The summed E-state index contributed by atoms with van der Waals surface area (Å²) in [4.78, 5) is 27.0. The van der Waals surface area contributed by atoms with Crippen LogP contribution in [0.3, 0.4) is 0 Å². The Morgan fingerprint density at radius 3 is 2.85 bits per heavy atom. The molecular weight excluding hydrogens is 280 g/mol. The maximum absolute atomic E-state index is 11.9.